The molecular formula is C24H34N4O6. The molecule has 2 aliphatic rings. The van der Waals surface area contributed by atoms with Gasteiger partial charge in [0.15, 0.2) is 17.2 Å². The topological polar surface area (TPSA) is 110 Å². The highest BCUT2D eigenvalue weighted by Crippen LogP contribution is 2.32. The van der Waals surface area contributed by atoms with E-state index in [1.807, 2.05) is 39.0 Å². The van der Waals surface area contributed by atoms with Crippen LogP contribution < -0.4 is 14.8 Å². The summed E-state index contributed by atoms with van der Waals surface area (Å²) in [4.78, 5) is 21.3. The van der Waals surface area contributed by atoms with Gasteiger partial charge in [0.2, 0.25) is 12.7 Å². The summed E-state index contributed by atoms with van der Waals surface area (Å²) in [7, 11) is 0. The van der Waals surface area contributed by atoms with E-state index >= 15 is 0 Å². The van der Waals surface area contributed by atoms with E-state index in [0.29, 0.717) is 43.6 Å². The fraction of sp³-hybridized carbons (Fsp3) is 0.583. The molecule has 0 saturated carbocycles. The summed E-state index contributed by atoms with van der Waals surface area (Å²) >= 11 is 0. The van der Waals surface area contributed by atoms with Crippen LogP contribution in [0.4, 0.5) is 0 Å². The Balaban J connectivity index is 1.18. The predicted molar refractivity (Wildman–Crippen MR) is 124 cm³/mol. The van der Waals surface area contributed by atoms with E-state index in [9.17, 15) is 9.90 Å². The Morgan fingerprint density at radius 3 is 2.68 bits per heavy atom. The van der Waals surface area contributed by atoms with Crippen LogP contribution in [0.1, 0.15) is 42.7 Å². The van der Waals surface area contributed by atoms with Crippen molar-refractivity contribution in [3.05, 3.63) is 41.6 Å². The number of nitrogens with one attached hydrogen (secondary N) is 1. The zero-order chi connectivity index (χ0) is 24.1. The van der Waals surface area contributed by atoms with Gasteiger partial charge >= 0.3 is 0 Å². The first-order chi connectivity index (χ1) is 16.2. The summed E-state index contributed by atoms with van der Waals surface area (Å²) in [5, 5.41) is 13.1. The third kappa shape index (κ3) is 6.92. The van der Waals surface area contributed by atoms with Crippen LogP contribution in [-0.4, -0.2) is 83.6 Å². The smallest absolute Gasteiger partial charge is 0.273 e. The highest BCUT2D eigenvalue weighted by atomic mass is 16.7. The molecule has 4 rings (SSSR count). The van der Waals surface area contributed by atoms with Gasteiger partial charge in [-0.15, -0.1) is 0 Å². The van der Waals surface area contributed by atoms with Crippen molar-refractivity contribution in [2.45, 2.75) is 45.6 Å². The van der Waals surface area contributed by atoms with Crippen molar-refractivity contribution in [1.29, 1.82) is 0 Å². The minimum absolute atomic E-state index is 0.219. The normalized spacial score (nSPS) is 17.6. The third-order valence-electron chi connectivity index (χ3n) is 5.68. The number of carbonyl (C=O) groups is 1. The number of β-amino-alcohol motifs (C(OH)–C–C–N with tert-alkyl or cyclic N) is 1. The van der Waals surface area contributed by atoms with Gasteiger partial charge in [0, 0.05) is 39.3 Å². The highest BCUT2D eigenvalue weighted by molar-refractivity contribution is 5.91. The number of fused-ring (bicyclic) bond motifs is 1. The Hall–Kier alpha value is -2.66. The number of aromatic nitrogens is 1. The number of amides is 1. The zero-order valence-electron chi connectivity index (χ0n) is 20.1. The van der Waals surface area contributed by atoms with E-state index in [1.54, 1.807) is 0 Å². The molecule has 34 heavy (non-hydrogen) atoms. The maximum Gasteiger partial charge on any atom is 0.273 e. The predicted octanol–water partition coefficient (Wildman–Crippen LogP) is 1.63. The summed E-state index contributed by atoms with van der Waals surface area (Å²) in [6.45, 7) is 11.3. The number of hydrogen-bond acceptors (Lipinski definition) is 9. The van der Waals surface area contributed by atoms with Gasteiger partial charge in [-0.3, -0.25) is 14.6 Å². The number of nitrogens with zero attached hydrogens (tertiary/aromatic N) is 3. The summed E-state index contributed by atoms with van der Waals surface area (Å²) in [5.74, 6) is 1.62. The maximum absolute atomic E-state index is 12.5. The zero-order valence-corrected chi connectivity index (χ0v) is 20.1. The molecule has 1 aromatic heterocycles. The van der Waals surface area contributed by atoms with Crippen molar-refractivity contribution < 1.29 is 28.5 Å². The molecule has 10 nitrogen and oxygen atoms in total. The fourth-order valence-electron chi connectivity index (χ4n) is 3.83. The van der Waals surface area contributed by atoms with Gasteiger partial charge in [0.1, 0.15) is 6.26 Å². The lowest BCUT2D eigenvalue weighted by Gasteiger charge is -2.35. The molecule has 1 saturated heterocycles. The second kappa shape index (κ2) is 10.7. The van der Waals surface area contributed by atoms with Crippen molar-refractivity contribution in [3.63, 3.8) is 0 Å². The number of aliphatic hydroxyl groups excluding tert-OH is 1. The quantitative estimate of drug-likeness (QED) is 0.560. The molecule has 1 fully saturated rings. The van der Waals surface area contributed by atoms with Crippen molar-refractivity contribution in [1.82, 2.24) is 20.1 Å². The lowest BCUT2D eigenvalue weighted by Crippen LogP contribution is -2.49. The molecular weight excluding hydrogens is 440 g/mol. The van der Waals surface area contributed by atoms with Crippen LogP contribution in [-0.2, 0) is 17.8 Å². The maximum atomic E-state index is 12.5. The van der Waals surface area contributed by atoms with Gasteiger partial charge < -0.3 is 29.1 Å². The largest absolute Gasteiger partial charge is 0.454 e. The molecule has 0 aliphatic carbocycles. The number of hydrogen-bond donors (Lipinski definition) is 2. The van der Waals surface area contributed by atoms with E-state index in [2.05, 4.69) is 20.1 Å². The van der Waals surface area contributed by atoms with Crippen molar-refractivity contribution >= 4 is 5.91 Å². The number of piperazine rings is 1. The van der Waals surface area contributed by atoms with Crippen molar-refractivity contribution in [2.75, 3.05) is 46.1 Å². The Bertz CT molecular complexity index is 965. The molecule has 3 heterocycles. The van der Waals surface area contributed by atoms with E-state index in [4.69, 9.17) is 18.6 Å². The average molecular weight is 475 g/mol. The number of rotatable bonds is 9. The van der Waals surface area contributed by atoms with Crippen LogP contribution in [0.15, 0.2) is 28.9 Å². The summed E-state index contributed by atoms with van der Waals surface area (Å²) < 4.78 is 21.9. The van der Waals surface area contributed by atoms with E-state index < -0.39 is 6.10 Å². The van der Waals surface area contributed by atoms with Crippen molar-refractivity contribution in [3.8, 4) is 11.5 Å². The summed E-state index contributed by atoms with van der Waals surface area (Å²) in [6, 6.07) is 5.57. The summed E-state index contributed by atoms with van der Waals surface area (Å²) in [5.41, 5.74) is 0.919. The van der Waals surface area contributed by atoms with Gasteiger partial charge in [0.05, 0.1) is 24.9 Å². The number of carbonyl (C=O) groups excluding carboxylic acids is 1. The average Bonchev–Trinajstić information content (AvgIpc) is 3.46. The molecule has 186 valence electrons. The number of ether oxygens (including phenoxy) is 3. The lowest BCUT2D eigenvalue weighted by atomic mass is 10.2. The van der Waals surface area contributed by atoms with Gasteiger partial charge in [-0.05, 0) is 38.5 Å². The van der Waals surface area contributed by atoms with Crippen molar-refractivity contribution in [2.24, 2.45) is 0 Å². The lowest BCUT2D eigenvalue weighted by molar-refractivity contribution is -0.0588. The first-order valence-corrected chi connectivity index (χ1v) is 11.6. The molecule has 2 N–H and O–H groups in total. The molecule has 0 unspecified atom stereocenters. The minimum Gasteiger partial charge on any atom is -0.454 e. The van der Waals surface area contributed by atoms with Gasteiger partial charge in [0.25, 0.3) is 5.91 Å². The van der Waals surface area contributed by atoms with Crippen LogP contribution >= 0.6 is 0 Å². The standard InChI is InChI=1S/C24H34N4O6/c1-24(2,3)34-14-18(29)12-27-6-8-28(9-7-27)13-22-26-19(15-31-22)23(30)25-11-17-4-5-20-21(10-17)33-16-32-20/h4-5,10,15,18,29H,6-9,11-14,16H2,1-3H3,(H,25,30)/t18-/m1/s1. The van der Waals surface area contributed by atoms with E-state index in [1.165, 1.54) is 6.26 Å². The number of benzene rings is 1. The molecule has 1 aromatic carbocycles. The molecule has 0 spiro atoms. The first-order valence-electron chi connectivity index (χ1n) is 11.6. The summed E-state index contributed by atoms with van der Waals surface area (Å²) in [6.07, 6.45) is 0.892. The highest BCUT2D eigenvalue weighted by Gasteiger charge is 2.22. The number of oxazole rings is 1. The van der Waals surface area contributed by atoms with Gasteiger partial charge in [-0.2, -0.15) is 0 Å². The monoisotopic (exact) mass is 474 g/mol. The van der Waals surface area contributed by atoms with Crippen LogP contribution in [0.25, 0.3) is 0 Å². The SMILES string of the molecule is CC(C)(C)OC[C@H](O)CN1CCN(Cc2nc(C(=O)NCc3ccc4c(c3)OCO4)co2)CC1. The molecule has 10 heteroatoms. The molecule has 0 radical (unpaired) electrons. The van der Waals surface area contributed by atoms with Gasteiger partial charge in [-0.25, -0.2) is 4.98 Å². The van der Waals surface area contributed by atoms with Gasteiger partial charge in [-0.1, -0.05) is 6.07 Å². The minimum atomic E-state index is -0.503. The van der Waals surface area contributed by atoms with E-state index in [0.717, 1.165) is 31.7 Å². The Kier molecular flexibility index (Phi) is 7.72. The second-order valence-corrected chi connectivity index (χ2v) is 9.65. The Morgan fingerprint density at radius 2 is 1.91 bits per heavy atom. The molecule has 1 amide bonds. The molecule has 2 aliphatic heterocycles. The molecule has 0 bridgehead atoms. The van der Waals surface area contributed by atoms with Crippen LogP contribution in [0, 0.1) is 0 Å². The second-order valence-electron chi connectivity index (χ2n) is 9.65. The van der Waals surface area contributed by atoms with E-state index in [-0.39, 0.29) is 24.0 Å². The van der Waals surface area contributed by atoms with Crippen LogP contribution in [0.5, 0.6) is 11.5 Å². The molecule has 1 atom stereocenters. The number of aliphatic hydroxyl groups is 1. The fourth-order valence-corrected chi connectivity index (χ4v) is 3.83. The Labute approximate surface area is 199 Å². The van der Waals surface area contributed by atoms with Crippen LogP contribution in [0.2, 0.25) is 0 Å². The Morgan fingerprint density at radius 1 is 1.18 bits per heavy atom. The van der Waals surface area contributed by atoms with Crippen LogP contribution in [0.3, 0.4) is 0 Å². The first kappa shape index (κ1) is 24.5. The third-order valence-corrected chi connectivity index (χ3v) is 5.68. The molecule has 2 aromatic rings.